The maximum absolute atomic E-state index is 10.6. The number of nitrogens with two attached hydrogens (primary N) is 1. The molecular formula is C7H7BNO2. The van der Waals surface area contributed by atoms with Crippen molar-refractivity contribution < 1.29 is 9.53 Å². The van der Waals surface area contributed by atoms with Crippen LogP contribution >= 0.6 is 0 Å². The van der Waals surface area contributed by atoms with E-state index in [4.69, 9.17) is 10.4 Å². The minimum Gasteiger partial charge on any atom is -0.434 e. The molecule has 0 aliphatic rings. The Morgan fingerprint density at radius 1 is 1.36 bits per heavy atom. The number of hydrogen-bond acceptors (Lipinski definition) is 3. The molecule has 0 unspecified atom stereocenters. The van der Waals surface area contributed by atoms with Crippen LogP contribution in [0, 0.1) is 0 Å². The van der Waals surface area contributed by atoms with Crippen molar-refractivity contribution in [3.63, 3.8) is 0 Å². The maximum atomic E-state index is 10.6. The van der Waals surface area contributed by atoms with E-state index >= 15 is 0 Å². The van der Waals surface area contributed by atoms with E-state index < -0.39 is 5.87 Å². The lowest BCUT2D eigenvalue weighted by Crippen LogP contribution is -2.22. The molecule has 1 rings (SSSR count). The number of ether oxygens (including phenoxy) is 1. The molecule has 1 radical (unpaired) electrons. The molecule has 0 amide bonds. The molecule has 11 heavy (non-hydrogen) atoms. The van der Waals surface area contributed by atoms with E-state index in [-0.39, 0.29) is 0 Å². The van der Waals surface area contributed by atoms with E-state index in [1.54, 1.807) is 24.3 Å². The van der Waals surface area contributed by atoms with Crippen LogP contribution < -0.4 is 10.4 Å². The van der Waals surface area contributed by atoms with Crippen molar-refractivity contribution in [1.29, 1.82) is 0 Å². The predicted molar refractivity (Wildman–Crippen MR) is 42.4 cm³/mol. The fraction of sp³-hybridized carbons (Fsp3) is 0. The van der Waals surface area contributed by atoms with Gasteiger partial charge in [-0.05, 0) is 12.1 Å². The van der Waals surface area contributed by atoms with Gasteiger partial charge < -0.3 is 10.4 Å². The summed E-state index contributed by atoms with van der Waals surface area (Å²) in [5.41, 5.74) is 4.92. The molecule has 0 atom stereocenters. The Morgan fingerprint density at radius 3 is 2.55 bits per heavy atom. The highest BCUT2D eigenvalue weighted by atomic mass is 16.5. The van der Waals surface area contributed by atoms with E-state index in [2.05, 4.69) is 0 Å². The lowest BCUT2D eigenvalue weighted by Gasteiger charge is -1.99. The van der Waals surface area contributed by atoms with Gasteiger partial charge in [-0.2, -0.15) is 0 Å². The van der Waals surface area contributed by atoms with E-state index in [0.29, 0.717) is 5.75 Å². The summed E-state index contributed by atoms with van der Waals surface area (Å²) in [6.07, 6.45) is 0. The standard InChI is InChI=1S/C7H7BNO2/c9-8-7(10)11-6-4-2-1-3-5-6/h1-5H,9H2. The molecule has 0 saturated heterocycles. The average molecular weight is 148 g/mol. The Kier molecular flexibility index (Phi) is 2.69. The predicted octanol–water partition coefficient (Wildman–Crippen LogP) is 0.763. The van der Waals surface area contributed by atoms with Crippen molar-refractivity contribution in [2.24, 2.45) is 5.64 Å². The maximum Gasteiger partial charge on any atom is 0.352 e. The summed E-state index contributed by atoms with van der Waals surface area (Å²) in [6.45, 7) is 0. The van der Waals surface area contributed by atoms with Gasteiger partial charge in [-0.25, -0.2) is 0 Å². The number of carbonyl (C=O) groups is 1. The first-order chi connectivity index (χ1) is 5.33. The Morgan fingerprint density at radius 2 is 2.00 bits per heavy atom. The van der Waals surface area contributed by atoms with E-state index in [1.807, 2.05) is 6.07 Å². The van der Waals surface area contributed by atoms with Crippen molar-refractivity contribution in [1.82, 2.24) is 0 Å². The molecule has 0 aromatic heterocycles. The van der Waals surface area contributed by atoms with Gasteiger partial charge in [0.2, 0.25) is 0 Å². The van der Waals surface area contributed by atoms with Gasteiger partial charge in [0.1, 0.15) is 5.75 Å². The lowest BCUT2D eigenvalue weighted by molar-refractivity contribution is 0.224. The number of rotatable bonds is 2. The largest absolute Gasteiger partial charge is 0.434 e. The molecule has 0 saturated carbocycles. The smallest absolute Gasteiger partial charge is 0.352 e. The second kappa shape index (κ2) is 3.78. The molecular weight excluding hydrogens is 141 g/mol. The molecule has 55 valence electrons. The zero-order valence-electron chi connectivity index (χ0n) is 5.86. The molecule has 0 fully saturated rings. The van der Waals surface area contributed by atoms with Crippen LogP contribution in [0.3, 0.4) is 0 Å². The average Bonchev–Trinajstić information content (AvgIpc) is 2.06. The van der Waals surface area contributed by atoms with Crippen LogP contribution in [0.15, 0.2) is 30.3 Å². The molecule has 1 aromatic carbocycles. The summed E-state index contributed by atoms with van der Waals surface area (Å²) in [5, 5.41) is 0. The van der Waals surface area contributed by atoms with Crippen LogP contribution in [0.5, 0.6) is 5.75 Å². The first-order valence-corrected chi connectivity index (χ1v) is 3.15. The van der Waals surface area contributed by atoms with E-state index in [0.717, 1.165) is 7.41 Å². The summed E-state index contributed by atoms with van der Waals surface area (Å²) in [7, 11) is 0.882. The van der Waals surface area contributed by atoms with Gasteiger partial charge in [-0.1, -0.05) is 18.2 Å². The Labute approximate surface area is 65.4 Å². The third kappa shape index (κ3) is 2.43. The number of para-hydroxylation sites is 1. The summed E-state index contributed by atoms with van der Waals surface area (Å²) in [4.78, 5) is 10.6. The summed E-state index contributed by atoms with van der Waals surface area (Å²) >= 11 is 0. The summed E-state index contributed by atoms with van der Waals surface area (Å²) in [5.74, 6) is -0.0459. The van der Waals surface area contributed by atoms with Crippen molar-refractivity contribution in [2.75, 3.05) is 0 Å². The number of benzene rings is 1. The highest BCUT2D eigenvalue weighted by Gasteiger charge is 2.01. The quantitative estimate of drug-likeness (QED) is 0.629. The van der Waals surface area contributed by atoms with Crippen LogP contribution in [-0.2, 0) is 0 Å². The van der Waals surface area contributed by atoms with Gasteiger partial charge in [0.25, 0.3) is 5.87 Å². The molecule has 0 spiro atoms. The van der Waals surface area contributed by atoms with E-state index in [9.17, 15) is 4.79 Å². The van der Waals surface area contributed by atoms with Gasteiger partial charge in [0.15, 0.2) is 0 Å². The molecule has 0 heterocycles. The second-order valence-electron chi connectivity index (χ2n) is 1.90. The topological polar surface area (TPSA) is 52.3 Å². The van der Waals surface area contributed by atoms with Crippen LogP contribution in [0.4, 0.5) is 4.79 Å². The van der Waals surface area contributed by atoms with Gasteiger partial charge in [0, 0.05) is 0 Å². The zero-order chi connectivity index (χ0) is 8.10. The Bertz CT molecular complexity index is 237. The van der Waals surface area contributed by atoms with Crippen LogP contribution in [0.1, 0.15) is 0 Å². The van der Waals surface area contributed by atoms with Crippen LogP contribution in [0.25, 0.3) is 0 Å². The second-order valence-corrected chi connectivity index (χ2v) is 1.90. The lowest BCUT2D eigenvalue weighted by atomic mass is 9.99. The third-order valence-corrected chi connectivity index (χ3v) is 1.10. The molecule has 1 aromatic rings. The molecule has 0 aliphatic carbocycles. The minimum atomic E-state index is -0.545. The highest BCUT2D eigenvalue weighted by Crippen LogP contribution is 2.07. The van der Waals surface area contributed by atoms with Crippen LogP contribution in [0.2, 0.25) is 0 Å². The van der Waals surface area contributed by atoms with Gasteiger partial charge in [0.05, 0.1) is 0 Å². The molecule has 2 N–H and O–H groups in total. The number of carbonyl (C=O) groups excluding carboxylic acids is 1. The molecule has 4 heteroatoms. The SMILES string of the molecule is N[B]C(=O)Oc1ccccc1. The fourth-order valence-electron chi connectivity index (χ4n) is 0.639. The van der Waals surface area contributed by atoms with Crippen molar-refractivity contribution in [2.45, 2.75) is 0 Å². The first kappa shape index (κ1) is 7.82. The van der Waals surface area contributed by atoms with Gasteiger partial charge >= 0.3 is 7.41 Å². The third-order valence-electron chi connectivity index (χ3n) is 1.10. The zero-order valence-corrected chi connectivity index (χ0v) is 5.86. The summed E-state index contributed by atoms with van der Waals surface area (Å²) < 4.78 is 4.74. The first-order valence-electron chi connectivity index (χ1n) is 3.15. The summed E-state index contributed by atoms with van der Waals surface area (Å²) in [6, 6.07) is 8.75. The van der Waals surface area contributed by atoms with Crippen LogP contribution in [-0.4, -0.2) is 13.3 Å². The fourth-order valence-corrected chi connectivity index (χ4v) is 0.639. The van der Waals surface area contributed by atoms with Gasteiger partial charge in [-0.15, -0.1) is 0 Å². The van der Waals surface area contributed by atoms with E-state index in [1.165, 1.54) is 0 Å². The Balaban J connectivity index is 2.58. The van der Waals surface area contributed by atoms with Crippen molar-refractivity contribution in [3.8, 4) is 5.75 Å². The van der Waals surface area contributed by atoms with Gasteiger partial charge in [-0.3, -0.25) is 4.79 Å². The number of hydrogen-bond donors (Lipinski definition) is 1. The molecule has 0 bridgehead atoms. The van der Waals surface area contributed by atoms with Crippen molar-refractivity contribution in [3.05, 3.63) is 30.3 Å². The normalized spacial score (nSPS) is 8.82. The highest BCUT2D eigenvalue weighted by molar-refractivity contribution is 6.69. The monoisotopic (exact) mass is 148 g/mol. The Hall–Kier alpha value is -1.29. The minimum absolute atomic E-state index is 0.499. The molecule has 0 aliphatic heterocycles. The van der Waals surface area contributed by atoms with Crippen molar-refractivity contribution >= 4 is 13.3 Å². The molecule has 3 nitrogen and oxygen atoms in total.